The number of nitrogens with zero attached hydrogens (tertiary/aromatic N) is 2. The van der Waals surface area contributed by atoms with Crippen LogP contribution in [0.15, 0.2) is 48.5 Å². The van der Waals surface area contributed by atoms with Crippen LogP contribution < -0.4 is 9.47 Å². The van der Waals surface area contributed by atoms with Crippen LogP contribution in [0.2, 0.25) is 0 Å². The van der Waals surface area contributed by atoms with E-state index in [9.17, 15) is 4.79 Å². The summed E-state index contributed by atoms with van der Waals surface area (Å²) in [6.45, 7) is 4.13. The summed E-state index contributed by atoms with van der Waals surface area (Å²) in [4.78, 5) is 17.5. The average Bonchev–Trinajstić information content (AvgIpc) is 3.24. The molecule has 142 valence electrons. The van der Waals surface area contributed by atoms with Crippen molar-refractivity contribution in [3.63, 3.8) is 0 Å². The lowest BCUT2D eigenvalue weighted by Crippen LogP contribution is -2.38. The van der Waals surface area contributed by atoms with Gasteiger partial charge in [0.25, 0.3) is 5.91 Å². The Morgan fingerprint density at radius 1 is 1.04 bits per heavy atom. The van der Waals surface area contributed by atoms with E-state index in [1.807, 2.05) is 42.3 Å². The molecule has 2 aromatic rings. The van der Waals surface area contributed by atoms with Gasteiger partial charge in [-0.25, -0.2) is 0 Å². The molecule has 4 rings (SSSR count). The van der Waals surface area contributed by atoms with Crippen LogP contribution in [-0.2, 0) is 0 Å². The molecule has 1 amide bonds. The van der Waals surface area contributed by atoms with E-state index >= 15 is 0 Å². The smallest absolute Gasteiger partial charge is 0.254 e. The molecular formula is C22H26N2O3. The molecule has 0 unspecified atom stereocenters. The maximum absolute atomic E-state index is 13.2. The standard InChI is InChI=1S/C22H26N2O3/c1-23(22(25)18-9-10-20-21(15-18)27-14-13-26-20)19(16-24-11-5-6-12-24)17-7-3-2-4-8-17/h2-4,7-10,15,19H,5-6,11-14,16H2,1H3/t19-/m0/s1. The van der Waals surface area contributed by atoms with E-state index in [1.165, 1.54) is 12.8 Å². The van der Waals surface area contributed by atoms with Crippen LogP contribution in [0.3, 0.4) is 0 Å². The summed E-state index contributed by atoms with van der Waals surface area (Å²) in [7, 11) is 1.90. The second-order valence-electron chi connectivity index (χ2n) is 7.21. The van der Waals surface area contributed by atoms with Crippen LogP contribution in [0.5, 0.6) is 11.5 Å². The Labute approximate surface area is 160 Å². The number of fused-ring (bicyclic) bond motifs is 1. The molecule has 2 aliphatic heterocycles. The van der Waals surface area contributed by atoms with Crippen molar-refractivity contribution in [2.45, 2.75) is 18.9 Å². The van der Waals surface area contributed by atoms with E-state index in [0.29, 0.717) is 30.3 Å². The molecule has 2 aliphatic rings. The summed E-state index contributed by atoms with van der Waals surface area (Å²) in [6.07, 6.45) is 2.47. The number of rotatable bonds is 5. The second kappa shape index (κ2) is 8.01. The number of ether oxygens (including phenoxy) is 2. The third kappa shape index (κ3) is 3.93. The molecule has 0 aliphatic carbocycles. The van der Waals surface area contributed by atoms with Gasteiger partial charge in [-0.1, -0.05) is 30.3 Å². The minimum atomic E-state index is 0.0000217. The van der Waals surface area contributed by atoms with E-state index in [4.69, 9.17) is 9.47 Å². The molecule has 1 saturated heterocycles. The van der Waals surface area contributed by atoms with Crippen molar-refractivity contribution >= 4 is 5.91 Å². The zero-order valence-corrected chi connectivity index (χ0v) is 15.8. The molecule has 5 heteroatoms. The van der Waals surface area contributed by atoms with Gasteiger partial charge in [-0.3, -0.25) is 4.79 Å². The van der Waals surface area contributed by atoms with Crippen molar-refractivity contribution in [1.82, 2.24) is 9.80 Å². The van der Waals surface area contributed by atoms with E-state index in [2.05, 4.69) is 17.0 Å². The Hall–Kier alpha value is -2.53. The summed E-state index contributed by atoms with van der Waals surface area (Å²) in [5.74, 6) is 1.36. The number of carbonyl (C=O) groups is 1. The molecule has 2 aromatic carbocycles. The predicted molar refractivity (Wildman–Crippen MR) is 104 cm³/mol. The molecule has 0 bridgehead atoms. The Morgan fingerprint density at radius 3 is 2.48 bits per heavy atom. The zero-order valence-electron chi connectivity index (χ0n) is 15.8. The lowest BCUT2D eigenvalue weighted by molar-refractivity contribution is 0.0695. The van der Waals surface area contributed by atoms with Crippen LogP contribution >= 0.6 is 0 Å². The van der Waals surface area contributed by atoms with E-state index in [0.717, 1.165) is 25.2 Å². The summed E-state index contributed by atoms with van der Waals surface area (Å²) >= 11 is 0. The Morgan fingerprint density at radius 2 is 1.74 bits per heavy atom. The predicted octanol–water partition coefficient (Wildman–Crippen LogP) is 3.37. The number of likely N-dealkylation sites (tertiary alicyclic amines) is 1. The highest BCUT2D eigenvalue weighted by Gasteiger charge is 2.27. The highest BCUT2D eigenvalue weighted by Crippen LogP contribution is 2.32. The first-order chi connectivity index (χ1) is 13.2. The average molecular weight is 366 g/mol. The van der Waals surface area contributed by atoms with Crippen molar-refractivity contribution in [3.8, 4) is 11.5 Å². The van der Waals surface area contributed by atoms with Crippen molar-refractivity contribution in [3.05, 3.63) is 59.7 Å². The Balaban J connectivity index is 1.58. The van der Waals surface area contributed by atoms with E-state index < -0.39 is 0 Å². The van der Waals surface area contributed by atoms with Gasteiger partial charge in [0.05, 0.1) is 6.04 Å². The second-order valence-corrected chi connectivity index (χ2v) is 7.21. The molecule has 5 nitrogen and oxygen atoms in total. The van der Waals surface area contributed by atoms with Crippen LogP contribution in [0.1, 0.15) is 34.8 Å². The molecular weight excluding hydrogens is 340 g/mol. The molecule has 0 N–H and O–H groups in total. The van der Waals surface area contributed by atoms with Gasteiger partial charge in [0.2, 0.25) is 0 Å². The third-order valence-electron chi connectivity index (χ3n) is 5.39. The van der Waals surface area contributed by atoms with Crippen LogP contribution in [0, 0.1) is 0 Å². The number of hydrogen-bond donors (Lipinski definition) is 0. The van der Waals surface area contributed by atoms with Crippen molar-refractivity contribution in [2.24, 2.45) is 0 Å². The van der Waals surface area contributed by atoms with Gasteiger partial charge in [0, 0.05) is 19.2 Å². The topological polar surface area (TPSA) is 42.0 Å². The molecule has 2 heterocycles. The minimum Gasteiger partial charge on any atom is -0.486 e. The summed E-state index contributed by atoms with van der Waals surface area (Å²) in [5.41, 5.74) is 1.79. The molecule has 1 atom stereocenters. The number of carbonyl (C=O) groups excluding carboxylic acids is 1. The third-order valence-corrected chi connectivity index (χ3v) is 5.39. The number of amides is 1. The summed E-state index contributed by atoms with van der Waals surface area (Å²) < 4.78 is 11.2. The maximum Gasteiger partial charge on any atom is 0.254 e. The van der Waals surface area contributed by atoms with Gasteiger partial charge in [0.1, 0.15) is 13.2 Å². The first kappa shape index (κ1) is 17.9. The number of hydrogen-bond acceptors (Lipinski definition) is 4. The fourth-order valence-electron chi connectivity index (χ4n) is 3.86. The van der Waals surface area contributed by atoms with Gasteiger partial charge in [0.15, 0.2) is 11.5 Å². The molecule has 0 radical (unpaired) electrons. The normalized spacial score (nSPS) is 17.5. The lowest BCUT2D eigenvalue weighted by Gasteiger charge is -2.32. The Bertz CT molecular complexity index is 787. The molecule has 27 heavy (non-hydrogen) atoms. The van der Waals surface area contributed by atoms with Gasteiger partial charge in [-0.15, -0.1) is 0 Å². The van der Waals surface area contributed by atoms with Crippen LogP contribution in [-0.4, -0.2) is 55.6 Å². The van der Waals surface area contributed by atoms with E-state index in [1.54, 1.807) is 6.07 Å². The molecule has 0 saturated carbocycles. The van der Waals surface area contributed by atoms with Gasteiger partial charge < -0.3 is 19.3 Å². The SMILES string of the molecule is CN(C(=O)c1ccc2c(c1)OCCO2)[C@@H](CN1CCCC1)c1ccccc1. The summed E-state index contributed by atoms with van der Waals surface area (Å²) in [6, 6.07) is 15.8. The lowest BCUT2D eigenvalue weighted by atomic mass is 10.0. The zero-order chi connectivity index (χ0) is 18.6. The molecule has 0 aromatic heterocycles. The maximum atomic E-state index is 13.2. The Kier molecular flexibility index (Phi) is 5.30. The van der Waals surface area contributed by atoms with E-state index in [-0.39, 0.29) is 11.9 Å². The monoisotopic (exact) mass is 366 g/mol. The van der Waals surface area contributed by atoms with Gasteiger partial charge >= 0.3 is 0 Å². The first-order valence-electron chi connectivity index (χ1n) is 9.66. The van der Waals surface area contributed by atoms with Gasteiger partial charge in [-0.05, 0) is 49.7 Å². The van der Waals surface area contributed by atoms with Crippen LogP contribution in [0.4, 0.5) is 0 Å². The largest absolute Gasteiger partial charge is 0.486 e. The van der Waals surface area contributed by atoms with Crippen molar-refractivity contribution in [2.75, 3.05) is 39.9 Å². The quantitative estimate of drug-likeness (QED) is 0.814. The fourth-order valence-corrected chi connectivity index (χ4v) is 3.86. The minimum absolute atomic E-state index is 0.0000217. The summed E-state index contributed by atoms with van der Waals surface area (Å²) in [5, 5.41) is 0. The number of likely N-dealkylation sites (N-methyl/N-ethyl adjacent to an activating group) is 1. The van der Waals surface area contributed by atoms with Crippen molar-refractivity contribution < 1.29 is 14.3 Å². The number of benzene rings is 2. The van der Waals surface area contributed by atoms with Gasteiger partial charge in [-0.2, -0.15) is 0 Å². The van der Waals surface area contributed by atoms with Crippen molar-refractivity contribution in [1.29, 1.82) is 0 Å². The molecule has 0 spiro atoms. The fraction of sp³-hybridized carbons (Fsp3) is 0.409. The highest BCUT2D eigenvalue weighted by molar-refractivity contribution is 5.95. The first-order valence-corrected chi connectivity index (χ1v) is 9.66. The molecule has 1 fully saturated rings. The van der Waals surface area contributed by atoms with Crippen LogP contribution in [0.25, 0.3) is 0 Å². The highest BCUT2D eigenvalue weighted by atomic mass is 16.6.